The molecule has 96 valence electrons. The molecule has 0 aliphatic carbocycles. The van der Waals surface area contributed by atoms with Gasteiger partial charge in [0.15, 0.2) is 0 Å². The molecule has 1 fully saturated rings. The van der Waals surface area contributed by atoms with Gasteiger partial charge in [0, 0.05) is 18.7 Å². The quantitative estimate of drug-likeness (QED) is 0.791. The Bertz CT molecular complexity index is 485. The third kappa shape index (κ3) is 2.36. The molecule has 1 atom stereocenters. The Kier molecular flexibility index (Phi) is 3.62. The van der Waals surface area contributed by atoms with E-state index >= 15 is 0 Å². The number of ether oxygens (including phenoxy) is 1. The molecule has 5 nitrogen and oxygen atoms in total. The van der Waals surface area contributed by atoms with Gasteiger partial charge < -0.3 is 15.0 Å². The maximum absolute atomic E-state index is 5.67. The fourth-order valence-electron chi connectivity index (χ4n) is 2.14. The topological polar surface area (TPSA) is 66.0 Å². The second-order valence-corrected chi connectivity index (χ2v) is 4.50. The zero-order valence-electron chi connectivity index (χ0n) is 10.5. The lowest BCUT2D eigenvalue weighted by atomic mass is 9.83. The molecular formula is C13H18N4O. The summed E-state index contributed by atoms with van der Waals surface area (Å²) in [5, 5.41) is 8.13. The monoisotopic (exact) mass is 246 g/mol. The first-order valence-corrected chi connectivity index (χ1v) is 5.83. The average molecular weight is 246 g/mol. The minimum Gasteiger partial charge on any atom is -0.399 e. The first-order valence-electron chi connectivity index (χ1n) is 5.83. The summed E-state index contributed by atoms with van der Waals surface area (Å²) in [5.74, 6) is 1.39. The summed E-state index contributed by atoms with van der Waals surface area (Å²) in [6.45, 7) is 9.01. The number of nitrogens with zero attached hydrogens (tertiary/aromatic N) is 3. The Morgan fingerprint density at radius 1 is 1.67 bits per heavy atom. The van der Waals surface area contributed by atoms with Crippen LogP contribution in [0.1, 0.15) is 11.7 Å². The molecule has 2 N–H and O–H groups in total. The maximum atomic E-state index is 5.67. The van der Waals surface area contributed by atoms with Crippen molar-refractivity contribution in [2.75, 3.05) is 13.2 Å². The number of hydrogen-bond donors (Lipinski definition) is 1. The van der Waals surface area contributed by atoms with Gasteiger partial charge >= 0.3 is 0 Å². The molecule has 1 aliphatic rings. The molecule has 0 spiro atoms. The van der Waals surface area contributed by atoms with E-state index < -0.39 is 0 Å². The fourth-order valence-corrected chi connectivity index (χ4v) is 2.14. The minimum absolute atomic E-state index is 0.101. The van der Waals surface area contributed by atoms with Crippen molar-refractivity contribution < 1.29 is 4.74 Å². The number of nitrogens with two attached hydrogens (primary N) is 1. The van der Waals surface area contributed by atoms with Gasteiger partial charge in [-0.05, 0) is 11.6 Å². The Morgan fingerprint density at radius 2 is 2.39 bits per heavy atom. The highest BCUT2D eigenvalue weighted by Gasteiger charge is 2.34. The summed E-state index contributed by atoms with van der Waals surface area (Å²) in [4.78, 5) is 0. The van der Waals surface area contributed by atoms with Crippen molar-refractivity contribution >= 4 is 0 Å². The maximum Gasteiger partial charge on any atom is 0.140 e. The highest BCUT2D eigenvalue weighted by Crippen LogP contribution is 2.35. The summed E-state index contributed by atoms with van der Waals surface area (Å²) in [5.41, 5.74) is 7.18. The van der Waals surface area contributed by atoms with E-state index in [4.69, 9.17) is 10.5 Å². The van der Waals surface area contributed by atoms with Crippen LogP contribution >= 0.6 is 0 Å². The van der Waals surface area contributed by atoms with E-state index in [9.17, 15) is 0 Å². The molecule has 2 rings (SSSR count). The van der Waals surface area contributed by atoms with E-state index in [1.807, 2.05) is 17.7 Å². The predicted octanol–water partition coefficient (Wildman–Crippen LogP) is 1.13. The number of aromatic nitrogens is 3. The van der Waals surface area contributed by atoms with Gasteiger partial charge in [0.2, 0.25) is 0 Å². The van der Waals surface area contributed by atoms with Crippen molar-refractivity contribution in [2.24, 2.45) is 18.7 Å². The van der Waals surface area contributed by atoms with Gasteiger partial charge in [-0.15, -0.1) is 10.2 Å². The number of hydrogen-bond acceptors (Lipinski definition) is 4. The van der Waals surface area contributed by atoms with Gasteiger partial charge in [-0.1, -0.05) is 19.2 Å². The fraction of sp³-hybridized carbons (Fsp3) is 0.385. The largest absolute Gasteiger partial charge is 0.399 e. The van der Waals surface area contributed by atoms with Crippen molar-refractivity contribution in [1.29, 1.82) is 0 Å². The van der Waals surface area contributed by atoms with Crippen LogP contribution in [0.15, 0.2) is 42.9 Å². The van der Waals surface area contributed by atoms with Gasteiger partial charge in [-0.3, -0.25) is 0 Å². The number of aryl methyl sites for hydroxylation is 1. The minimum atomic E-state index is 0.101. The lowest BCUT2D eigenvalue weighted by Crippen LogP contribution is -2.35. The van der Waals surface area contributed by atoms with Gasteiger partial charge in [-0.25, -0.2) is 0 Å². The van der Waals surface area contributed by atoms with Gasteiger partial charge in [0.25, 0.3) is 0 Å². The molecule has 1 saturated heterocycles. The normalized spacial score (nSPS) is 18.2. The van der Waals surface area contributed by atoms with Crippen molar-refractivity contribution in [3.8, 4) is 0 Å². The average Bonchev–Trinajstić information content (AvgIpc) is 2.66. The number of allylic oxidation sites excluding steroid dienone is 3. The van der Waals surface area contributed by atoms with E-state index in [-0.39, 0.29) is 5.92 Å². The molecule has 2 heterocycles. The lowest BCUT2D eigenvalue weighted by molar-refractivity contribution is -0.0408. The van der Waals surface area contributed by atoms with Gasteiger partial charge in [0.1, 0.15) is 12.2 Å². The highest BCUT2D eigenvalue weighted by atomic mass is 16.5. The lowest BCUT2D eigenvalue weighted by Gasteiger charge is -2.33. The first-order chi connectivity index (χ1) is 8.63. The summed E-state index contributed by atoms with van der Waals surface area (Å²) in [6.07, 6.45) is 5.33. The molecule has 0 radical (unpaired) electrons. The zero-order chi connectivity index (χ0) is 13.1. The van der Waals surface area contributed by atoms with E-state index in [0.717, 1.165) is 24.6 Å². The molecule has 0 bridgehead atoms. The predicted molar refractivity (Wildman–Crippen MR) is 69.7 cm³/mol. The molecule has 0 aromatic carbocycles. The van der Waals surface area contributed by atoms with Crippen LogP contribution in [0.3, 0.4) is 0 Å². The second-order valence-electron chi connectivity index (χ2n) is 4.50. The van der Waals surface area contributed by atoms with E-state index in [0.29, 0.717) is 11.6 Å². The van der Waals surface area contributed by atoms with Crippen LogP contribution in [-0.4, -0.2) is 28.0 Å². The molecule has 18 heavy (non-hydrogen) atoms. The van der Waals surface area contributed by atoms with Crippen molar-refractivity contribution in [3.05, 3.63) is 48.7 Å². The van der Waals surface area contributed by atoms with E-state index in [2.05, 4.69) is 23.4 Å². The Balaban J connectivity index is 2.39. The van der Waals surface area contributed by atoms with Crippen molar-refractivity contribution in [1.82, 2.24) is 14.8 Å². The Hall–Kier alpha value is -1.88. The van der Waals surface area contributed by atoms with Crippen LogP contribution in [0.2, 0.25) is 0 Å². The highest BCUT2D eigenvalue weighted by molar-refractivity contribution is 5.34. The molecule has 1 aromatic rings. The van der Waals surface area contributed by atoms with E-state index in [1.54, 1.807) is 12.4 Å². The summed E-state index contributed by atoms with van der Waals surface area (Å²) < 4.78 is 7.20. The second kappa shape index (κ2) is 5.18. The third-order valence-corrected chi connectivity index (χ3v) is 3.11. The molecular weight excluding hydrogens is 228 g/mol. The number of rotatable bonds is 5. The van der Waals surface area contributed by atoms with Crippen LogP contribution in [0.4, 0.5) is 0 Å². The van der Waals surface area contributed by atoms with Crippen molar-refractivity contribution in [3.63, 3.8) is 0 Å². The van der Waals surface area contributed by atoms with Gasteiger partial charge in [0.05, 0.1) is 19.1 Å². The summed E-state index contributed by atoms with van der Waals surface area (Å²) in [7, 11) is 1.93. The summed E-state index contributed by atoms with van der Waals surface area (Å²) >= 11 is 0. The molecule has 1 aromatic heterocycles. The molecule has 1 aliphatic heterocycles. The van der Waals surface area contributed by atoms with E-state index in [1.165, 1.54) is 0 Å². The van der Waals surface area contributed by atoms with Crippen LogP contribution in [-0.2, 0) is 11.8 Å². The Morgan fingerprint density at radius 3 is 2.78 bits per heavy atom. The molecule has 5 heteroatoms. The van der Waals surface area contributed by atoms with Crippen molar-refractivity contribution in [2.45, 2.75) is 5.92 Å². The summed E-state index contributed by atoms with van der Waals surface area (Å²) in [6, 6.07) is 0. The third-order valence-electron chi connectivity index (χ3n) is 3.11. The standard InChI is InChI=1S/C13H18N4O/c1-4-10(5-9(2)14)12(11-6-18-7-11)13-16-15-8-17(13)3/h4-5,8,11-12H,1-2,6-7,14H2,3H3/b10-5+. The van der Waals surface area contributed by atoms with Crippen LogP contribution in [0.5, 0.6) is 0 Å². The molecule has 0 amide bonds. The molecule has 1 unspecified atom stereocenters. The smallest absolute Gasteiger partial charge is 0.140 e. The first kappa shape index (κ1) is 12.6. The SMILES string of the molecule is C=C/C(=C\C(=C)N)C(c1nncn1C)C1COC1. The Labute approximate surface area is 107 Å². The molecule has 0 saturated carbocycles. The van der Waals surface area contributed by atoms with Crippen LogP contribution in [0.25, 0.3) is 0 Å². The van der Waals surface area contributed by atoms with Gasteiger partial charge in [-0.2, -0.15) is 0 Å². The van der Waals surface area contributed by atoms with Crippen LogP contribution in [0, 0.1) is 5.92 Å². The van der Waals surface area contributed by atoms with Crippen LogP contribution < -0.4 is 5.73 Å². The zero-order valence-corrected chi connectivity index (χ0v) is 10.5.